The zero-order chi connectivity index (χ0) is 22.2. The average molecular weight is 481 g/mol. The maximum absolute atomic E-state index is 12.4. The number of aromatic nitrogens is 3. The largest absolute Gasteiger partial charge is 0.460 e. The first-order valence-corrected chi connectivity index (χ1v) is 11.1. The van der Waals surface area contributed by atoms with Gasteiger partial charge in [0, 0.05) is 34.5 Å². The second-order valence-corrected chi connectivity index (χ2v) is 9.50. The molecular formula is C24H25BrN4O2. The molecule has 0 saturated carbocycles. The van der Waals surface area contributed by atoms with E-state index in [1.807, 2.05) is 58.2 Å². The minimum Gasteiger partial charge on any atom is -0.460 e. The number of fused-ring (bicyclic) bond motifs is 3. The fraction of sp³-hybridized carbons (Fsp3) is 0.333. The summed E-state index contributed by atoms with van der Waals surface area (Å²) in [6, 6.07) is 11.6. The Kier molecular flexibility index (Phi) is 5.79. The van der Waals surface area contributed by atoms with E-state index in [1.165, 1.54) is 0 Å². The molecule has 0 unspecified atom stereocenters. The highest BCUT2D eigenvalue weighted by Crippen LogP contribution is 2.34. The van der Waals surface area contributed by atoms with Gasteiger partial charge in [0.25, 0.3) is 0 Å². The van der Waals surface area contributed by atoms with Gasteiger partial charge in [-0.1, -0.05) is 22.0 Å². The van der Waals surface area contributed by atoms with Crippen LogP contribution in [0.2, 0.25) is 0 Å². The van der Waals surface area contributed by atoms with Crippen molar-refractivity contribution in [2.45, 2.75) is 52.2 Å². The molecule has 3 heterocycles. The van der Waals surface area contributed by atoms with Crippen LogP contribution in [0.15, 0.2) is 58.3 Å². The third kappa shape index (κ3) is 4.61. The lowest BCUT2D eigenvalue weighted by molar-refractivity contribution is -0.155. The highest BCUT2D eigenvalue weighted by molar-refractivity contribution is 9.10. The second kappa shape index (κ2) is 8.38. The van der Waals surface area contributed by atoms with Crippen LogP contribution in [0.4, 0.5) is 0 Å². The molecule has 2 aromatic heterocycles. The van der Waals surface area contributed by atoms with E-state index in [-0.39, 0.29) is 18.4 Å². The number of nitrogens with zero attached hydrogens (tertiary/aromatic N) is 4. The van der Waals surface area contributed by atoms with Crippen LogP contribution in [0, 0.1) is 6.92 Å². The quantitative estimate of drug-likeness (QED) is 0.471. The number of hydrogen-bond acceptors (Lipinski definition) is 5. The van der Waals surface area contributed by atoms with Gasteiger partial charge in [0.05, 0.1) is 17.1 Å². The minimum atomic E-state index is -0.513. The van der Waals surface area contributed by atoms with Gasteiger partial charge < -0.3 is 4.74 Å². The number of aliphatic imine (C=N–C) groups is 1. The van der Waals surface area contributed by atoms with Crippen LogP contribution in [0.1, 0.15) is 62.4 Å². The number of ether oxygens (including phenoxy) is 1. The number of hydrogen-bond donors (Lipinski definition) is 0. The van der Waals surface area contributed by atoms with E-state index in [0.717, 1.165) is 38.6 Å². The molecule has 7 heteroatoms. The molecule has 0 radical (unpaired) electrons. The fourth-order valence-electron chi connectivity index (χ4n) is 3.73. The van der Waals surface area contributed by atoms with Crippen LogP contribution in [-0.4, -0.2) is 31.8 Å². The summed E-state index contributed by atoms with van der Waals surface area (Å²) in [5.41, 5.74) is 4.04. The van der Waals surface area contributed by atoms with E-state index < -0.39 is 5.60 Å². The van der Waals surface area contributed by atoms with Crippen molar-refractivity contribution >= 4 is 27.6 Å². The molecule has 0 fully saturated rings. The van der Waals surface area contributed by atoms with Crippen molar-refractivity contribution < 1.29 is 9.53 Å². The first kappa shape index (κ1) is 21.4. The molecule has 160 valence electrons. The zero-order valence-corrected chi connectivity index (χ0v) is 19.7. The number of pyridine rings is 1. The van der Waals surface area contributed by atoms with Gasteiger partial charge in [-0.25, -0.2) is 4.98 Å². The molecule has 1 aromatic carbocycles. The average Bonchev–Trinajstić information content (AvgIpc) is 3.02. The number of carbonyl (C=O) groups is 1. The molecule has 0 saturated heterocycles. The smallest absolute Gasteiger partial charge is 0.306 e. The summed E-state index contributed by atoms with van der Waals surface area (Å²) in [6.07, 6.45) is 4.37. The van der Waals surface area contributed by atoms with E-state index in [2.05, 4.69) is 42.6 Å². The zero-order valence-electron chi connectivity index (χ0n) is 18.1. The molecule has 0 aliphatic carbocycles. The van der Waals surface area contributed by atoms with Crippen LogP contribution in [0.5, 0.6) is 0 Å². The predicted octanol–water partition coefficient (Wildman–Crippen LogP) is 5.35. The van der Waals surface area contributed by atoms with E-state index >= 15 is 0 Å². The summed E-state index contributed by atoms with van der Waals surface area (Å²) in [5.74, 6) is 0.581. The molecule has 0 N–H and O–H groups in total. The fourth-order valence-corrected chi connectivity index (χ4v) is 4.09. The molecule has 6 nitrogen and oxygen atoms in total. The summed E-state index contributed by atoms with van der Waals surface area (Å²) in [7, 11) is 0. The molecule has 1 atom stereocenters. The standard InChI is InChI=1S/C24H25BrN4O2/c1-15-14-27-23-19(9-11-21(30)31-24(2,3)4)28-22(18-7-5-6-12-26-18)17-13-16(25)8-10-20(17)29(15)23/h5-8,10,12-14,19H,9,11H2,1-4H3/t19-/m0/s1. The Morgan fingerprint density at radius 3 is 2.71 bits per heavy atom. The number of aryl methyl sites for hydroxylation is 1. The lowest BCUT2D eigenvalue weighted by atomic mass is 10.0. The van der Waals surface area contributed by atoms with Crippen molar-refractivity contribution in [2.75, 3.05) is 0 Å². The van der Waals surface area contributed by atoms with Crippen molar-refractivity contribution in [3.8, 4) is 5.69 Å². The maximum Gasteiger partial charge on any atom is 0.306 e. The summed E-state index contributed by atoms with van der Waals surface area (Å²) < 4.78 is 8.59. The molecule has 0 bridgehead atoms. The van der Waals surface area contributed by atoms with E-state index in [4.69, 9.17) is 9.73 Å². The van der Waals surface area contributed by atoms with E-state index in [9.17, 15) is 4.79 Å². The number of carbonyl (C=O) groups excluding carboxylic acids is 1. The van der Waals surface area contributed by atoms with Crippen LogP contribution in [0.25, 0.3) is 5.69 Å². The van der Waals surface area contributed by atoms with Crippen molar-refractivity contribution in [1.82, 2.24) is 14.5 Å². The number of rotatable bonds is 4. The normalized spacial score (nSPS) is 15.5. The Hall–Kier alpha value is -2.80. The Balaban J connectivity index is 1.81. The van der Waals surface area contributed by atoms with Gasteiger partial charge in [0.15, 0.2) is 0 Å². The first-order valence-electron chi connectivity index (χ1n) is 10.3. The molecular weight excluding hydrogens is 456 g/mol. The molecule has 4 rings (SSSR count). The lowest BCUT2D eigenvalue weighted by Gasteiger charge is -2.20. The number of halogens is 1. The van der Waals surface area contributed by atoms with Gasteiger partial charge in [-0.2, -0.15) is 0 Å². The van der Waals surface area contributed by atoms with Crippen LogP contribution in [0.3, 0.4) is 0 Å². The van der Waals surface area contributed by atoms with Gasteiger partial charge in [0.2, 0.25) is 0 Å². The SMILES string of the molecule is Cc1cnc2n1-c1ccc(Br)cc1C(c1ccccn1)=N[C@H]2CCC(=O)OC(C)(C)C. The van der Waals surface area contributed by atoms with Gasteiger partial charge in [-0.05, 0) is 64.4 Å². The highest BCUT2D eigenvalue weighted by Gasteiger charge is 2.28. The number of imidazole rings is 1. The van der Waals surface area contributed by atoms with Gasteiger partial charge in [-0.3, -0.25) is 19.3 Å². The predicted molar refractivity (Wildman–Crippen MR) is 124 cm³/mol. The molecule has 1 aliphatic heterocycles. The maximum atomic E-state index is 12.4. The molecule has 3 aromatic rings. The lowest BCUT2D eigenvalue weighted by Crippen LogP contribution is -2.24. The third-order valence-electron chi connectivity index (χ3n) is 4.95. The van der Waals surface area contributed by atoms with Crippen molar-refractivity contribution in [2.24, 2.45) is 4.99 Å². The highest BCUT2D eigenvalue weighted by atomic mass is 79.9. The van der Waals surface area contributed by atoms with Gasteiger partial charge in [-0.15, -0.1) is 0 Å². The van der Waals surface area contributed by atoms with Gasteiger partial charge >= 0.3 is 5.97 Å². The Labute approximate surface area is 190 Å². The third-order valence-corrected chi connectivity index (χ3v) is 5.45. The summed E-state index contributed by atoms with van der Waals surface area (Å²) in [4.78, 5) is 26.7. The Morgan fingerprint density at radius 1 is 1.19 bits per heavy atom. The summed E-state index contributed by atoms with van der Waals surface area (Å²) in [6.45, 7) is 7.65. The molecule has 31 heavy (non-hydrogen) atoms. The Bertz CT molecular complexity index is 1150. The first-order chi connectivity index (χ1) is 14.7. The van der Waals surface area contributed by atoms with Crippen molar-refractivity contribution in [3.63, 3.8) is 0 Å². The number of benzene rings is 1. The summed E-state index contributed by atoms with van der Waals surface area (Å²) in [5, 5.41) is 0. The van der Waals surface area contributed by atoms with Crippen LogP contribution < -0.4 is 0 Å². The van der Waals surface area contributed by atoms with E-state index in [1.54, 1.807) is 6.20 Å². The van der Waals surface area contributed by atoms with Crippen LogP contribution >= 0.6 is 15.9 Å². The number of esters is 1. The van der Waals surface area contributed by atoms with Crippen molar-refractivity contribution in [1.29, 1.82) is 0 Å². The monoisotopic (exact) mass is 480 g/mol. The molecule has 0 amide bonds. The van der Waals surface area contributed by atoms with Gasteiger partial charge in [0.1, 0.15) is 17.5 Å². The minimum absolute atomic E-state index is 0.235. The van der Waals surface area contributed by atoms with E-state index in [0.29, 0.717) is 6.42 Å². The molecule has 0 spiro atoms. The topological polar surface area (TPSA) is 69.4 Å². The second-order valence-electron chi connectivity index (χ2n) is 8.59. The van der Waals surface area contributed by atoms with Crippen molar-refractivity contribution in [3.05, 3.63) is 76.0 Å². The van der Waals surface area contributed by atoms with Crippen LogP contribution in [-0.2, 0) is 9.53 Å². The summed E-state index contributed by atoms with van der Waals surface area (Å²) >= 11 is 3.60. The molecule has 1 aliphatic rings. The Morgan fingerprint density at radius 2 is 2.00 bits per heavy atom.